The summed E-state index contributed by atoms with van der Waals surface area (Å²) in [6, 6.07) is 14.8. The third-order valence-corrected chi connectivity index (χ3v) is 3.21. The summed E-state index contributed by atoms with van der Waals surface area (Å²) in [6.07, 6.45) is 3.21. The van der Waals surface area contributed by atoms with Crippen molar-refractivity contribution in [2.45, 2.75) is 0 Å². The van der Waals surface area contributed by atoms with Gasteiger partial charge in [0.05, 0.1) is 25.6 Å². The number of hydrazone groups is 1. The average molecular weight is 339 g/mol. The Morgan fingerprint density at radius 3 is 2.64 bits per heavy atom. The van der Waals surface area contributed by atoms with Gasteiger partial charge in [-0.3, -0.25) is 4.79 Å². The summed E-state index contributed by atoms with van der Waals surface area (Å²) < 4.78 is 10.7. The number of ether oxygens (including phenoxy) is 2. The molecule has 25 heavy (non-hydrogen) atoms. The van der Waals surface area contributed by atoms with E-state index < -0.39 is 0 Å². The minimum absolute atomic E-state index is 0.0757. The second-order valence-corrected chi connectivity index (χ2v) is 4.98. The number of hydrogen-bond acceptors (Lipinski definition) is 5. The summed E-state index contributed by atoms with van der Waals surface area (Å²) in [5, 5.41) is 6.97. The Morgan fingerprint density at radius 1 is 1.16 bits per heavy atom. The van der Waals surface area contributed by atoms with E-state index >= 15 is 0 Å². The number of carbonyl (C=O) groups excluding carboxylic acids is 1. The van der Waals surface area contributed by atoms with Crippen molar-refractivity contribution in [2.75, 3.05) is 25.6 Å². The van der Waals surface area contributed by atoms with Crippen LogP contribution in [-0.2, 0) is 4.79 Å². The highest BCUT2D eigenvalue weighted by Gasteiger charge is 2.04. The largest absolute Gasteiger partial charge is 0.495 e. The van der Waals surface area contributed by atoms with Gasteiger partial charge in [0.25, 0.3) is 5.91 Å². The van der Waals surface area contributed by atoms with Gasteiger partial charge in [0.1, 0.15) is 18.1 Å². The molecule has 2 aromatic carbocycles. The van der Waals surface area contributed by atoms with Crippen LogP contribution in [0, 0.1) is 0 Å². The third-order valence-electron chi connectivity index (χ3n) is 3.21. The SMILES string of the molecule is C=CCOc1ccccc1/C=N\NC(=O)CNc1ccccc1OC. The van der Waals surface area contributed by atoms with Gasteiger partial charge in [0, 0.05) is 5.56 Å². The second kappa shape index (κ2) is 9.77. The lowest BCUT2D eigenvalue weighted by atomic mass is 10.2. The summed E-state index contributed by atoms with van der Waals surface area (Å²) in [5.41, 5.74) is 3.98. The van der Waals surface area contributed by atoms with E-state index in [2.05, 4.69) is 22.4 Å². The predicted octanol–water partition coefficient (Wildman–Crippen LogP) is 2.82. The maximum atomic E-state index is 11.9. The number of nitrogens with zero attached hydrogens (tertiary/aromatic N) is 1. The quantitative estimate of drug-likeness (QED) is 0.419. The Bertz CT molecular complexity index is 744. The minimum Gasteiger partial charge on any atom is -0.495 e. The van der Waals surface area contributed by atoms with Crippen molar-refractivity contribution in [2.24, 2.45) is 5.10 Å². The molecule has 0 saturated carbocycles. The maximum absolute atomic E-state index is 11.9. The molecule has 1 amide bonds. The van der Waals surface area contributed by atoms with E-state index in [1.165, 1.54) is 0 Å². The zero-order valence-electron chi connectivity index (χ0n) is 14.1. The van der Waals surface area contributed by atoms with Crippen LogP contribution in [0.2, 0.25) is 0 Å². The first-order chi connectivity index (χ1) is 12.2. The Hall–Kier alpha value is -3.28. The summed E-state index contributed by atoms with van der Waals surface area (Å²) in [5.74, 6) is 1.08. The fourth-order valence-electron chi connectivity index (χ4n) is 2.05. The number of amides is 1. The van der Waals surface area contributed by atoms with Gasteiger partial charge in [0.15, 0.2) is 0 Å². The smallest absolute Gasteiger partial charge is 0.259 e. The van der Waals surface area contributed by atoms with E-state index in [-0.39, 0.29) is 12.5 Å². The van der Waals surface area contributed by atoms with Crippen molar-refractivity contribution >= 4 is 17.8 Å². The van der Waals surface area contributed by atoms with Crippen molar-refractivity contribution in [1.29, 1.82) is 0 Å². The standard InChI is InChI=1S/C19H21N3O3/c1-3-12-25-17-10-6-4-8-15(17)13-21-22-19(23)14-20-16-9-5-7-11-18(16)24-2/h3-11,13,20H,1,12,14H2,2H3,(H,22,23)/b21-13-. The van der Waals surface area contributed by atoms with Crippen LogP contribution in [-0.4, -0.2) is 32.4 Å². The fraction of sp³-hybridized carbons (Fsp3) is 0.158. The second-order valence-electron chi connectivity index (χ2n) is 4.98. The molecule has 6 heteroatoms. The van der Waals surface area contributed by atoms with Gasteiger partial charge in [-0.15, -0.1) is 0 Å². The Balaban J connectivity index is 1.87. The van der Waals surface area contributed by atoms with Crippen LogP contribution in [0.5, 0.6) is 11.5 Å². The van der Waals surface area contributed by atoms with E-state index in [0.29, 0.717) is 18.1 Å². The number of rotatable bonds is 9. The number of anilines is 1. The van der Waals surface area contributed by atoms with Gasteiger partial charge in [-0.25, -0.2) is 5.43 Å². The number of carbonyl (C=O) groups is 1. The van der Waals surface area contributed by atoms with Crippen molar-refractivity contribution in [3.63, 3.8) is 0 Å². The van der Waals surface area contributed by atoms with Gasteiger partial charge in [-0.05, 0) is 24.3 Å². The molecule has 0 heterocycles. The summed E-state index contributed by atoms with van der Waals surface area (Å²) >= 11 is 0. The minimum atomic E-state index is -0.272. The number of nitrogens with one attached hydrogen (secondary N) is 2. The van der Waals surface area contributed by atoms with E-state index in [1.807, 2.05) is 48.5 Å². The van der Waals surface area contributed by atoms with Crippen molar-refractivity contribution in [1.82, 2.24) is 5.43 Å². The molecule has 0 saturated heterocycles. The van der Waals surface area contributed by atoms with Crippen molar-refractivity contribution in [3.05, 3.63) is 66.7 Å². The number of benzene rings is 2. The molecule has 6 nitrogen and oxygen atoms in total. The Labute approximate surface area is 147 Å². The zero-order valence-corrected chi connectivity index (χ0v) is 14.1. The predicted molar refractivity (Wildman–Crippen MR) is 99.4 cm³/mol. The number of hydrogen-bond donors (Lipinski definition) is 2. The van der Waals surface area contributed by atoms with Crippen LogP contribution in [0.1, 0.15) is 5.56 Å². The van der Waals surface area contributed by atoms with Crippen molar-refractivity contribution in [3.8, 4) is 11.5 Å². The lowest BCUT2D eigenvalue weighted by Gasteiger charge is -2.09. The molecule has 2 N–H and O–H groups in total. The van der Waals surface area contributed by atoms with E-state index in [0.717, 1.165) is 11.3 Å². The normalized spacial score (nSPS) is 10.3. The van der Waals surface area contributed by atoms with Gasteiger partial charge < -0.3 is 14.8 Å². The molecule has 0 fully saturated rings. The molecular formula is C19H21N3O3. The van der Waals surface area contributed by atoms with E-state index in [9.17, 15) is 4.79 Å². The van der Waals surface area contributed by atoms with Crippen LogP contribution in [0.4, 0.5) is 5.69 Å². The van der Waals surface area contributed by atoms with Gasteiger partial charge in [-0.2, -0.15) is 5.10 Å². The molecule has 0 aliphatic heterocycles. The highest BCUT2D eigenvalue weighted by Crippen LogP contribution is 2.22. The molecule has 0 unspecified atom stereocenters. The van der Waals surface area contributed by atoms with Gasteiger partial charge in [-0.1, -0.05) is 36.9 Å². The van der Waals surface area contributed by atoms with Crippen LogP contribution >= 0.6 is 0 Å². The molecule has 0 atom stereocenters. The number of methoxy groups -OCH3 is 1. The van der Waals surface area contributed by atoms with Gasteiger partial charge >= 0.3 is 0 Å². The summed E-state index contributed by atoms with van der Waals surface area (Å²) in [4.78, 5) is 11.9. The van der Waals surface area contributed by atoms with E-state index in [4.69, 9.17) is 9.47 Å². The van der Waals surface area contributed by atoms with E-state index in [1.54, 1.807) is 19.4 Å². The molecule has 2 aromatic rings. The first kappa shape index (κ1) is 18.1. The molecule has 0 aliphatic carbocycles. The summed E-state index contributed by atoms with van der Waals surface area (Å²) in [6.45, 7) is 4.10. The molecule has 0 bridgehead atoms. The monoisotopic (exact) mass is 339 g/mol. The molecule has 0 spiro atoms. The molecule has 0 radical (unpaired) electrons. The topological polar surface area (TPSA) is 72.0 Å². The zero-order chi connectivity index (χ0) is 17.9. The first-order valence-electron chi connectivity index (χ1n) is 7.76. The van der Waals surface area contributed by atoms with Crippen LogP contribution < -0.4 is 20.2 Å². The molecule has 130 valence electrons. The average Bonchev–Trinajstić information content (AvgIpc) is 2.65. The lowest BCUT2D eigenvalue weighted by molar-refractivity contribution is -0.119. The van der Waals surface area contributed by atoms with Crippen molar-refractivity contribution < 1.29 is 14.3 Å². The van der Waals surface area contributed by atoms with Crippen LogP contribution in [0.15, 0.2) is 66.3 Å². The highest BCUT2D eigenvalue weighted by molar-refractivity contribution is 5.86. The summed E-state index contributed by atoms with van der Waals surface area (Å²) in [7, 11) is 1.58. The fourth-order valence-corrected chi connectivity index (χ4v) is 2.05. The lowest BCUT2D eigenvalue weighted by Crippen LogP contribution is -2.26. The maximum Gasteiger partial charge on any atom is 0.259 e. The molecule has 0 aliphatic rings. The highest BCUT2D eigenvalue weighted by atomic mass is 16.5. The van der Waals surface area contributed by atoms with Crippen LogP contribution in [0.3, 0.4) is 0 Å². The molecule has 2 rings (SSSR count). The third kappa shape index (κ3) is 5.69. The first-order valence-corrected chi connectivity index (χ1v) is 7.76. The Morgan fingerprint density at radius 2 is 1.88 bits per heavy atom. The Kier molecular flexibility index (Phi) is 7.06. The van der Waals surface area contributed by atoms with Crippen LogP contribution in [0.25, 0.3) is 0 Å². The number of para-hydroxylation sites is 3. The van der Waals surface area contributed by atoms with Gasteiger partial charge in [0.2, 0.25) is 0 Å². The molecular weight excluding hydrogens is 318 g/mol. The molecule has 0 aromatic heterocycles.